The number of piperazine rings is 1. The maximum absolute atomic E-state index is 13.8. The van der Waals surface area contributed by atoms with E-state index in [2.05, 4.69) is 11.3 Å². The molecule has 0 radical (unpaired) electrons. The zero-order valence-electron chi connectivity index (χ0n) is 23.6. The third-order valence-electron chi connectivity index (χ3n) is 8.28. The van der Waals surface area contributed by atoms with Gasteiger partial charge in [0.05, 0.1) is 25.0 Å². The normalized spacial score (nSPS) is 23.5. The minimum atomic E-state index is -3.88. The highest BCUT2D eigenvalue weighted by Gasteiger charge is 2.42. The fourth-order valence-electron chi connectivity index (χ4n) is 5.74. The molecule has 14 heteroatoms. The number of sulfonamides is 1. The Morgan fingerprint density at radius 1 is 1.14 bits per heavy atom. The first-order valence-corrected chi connectivity index (χ1v) is 16.2. The molecule has 2 aromatic rings. The third-order valence-corrected chi connectivity index (χ3v) is 11.7. The number of nitrogens with one attached hydrogen (secondary N) is 1. The molecule has 0 aliphatic carbocycles. The Labute approximate surface area is 249 Å². The number of carbonyl (C=O) groups is 2. The van der Waals surface area contributed by atoms with Gasteiger partial charge in [-0.1, -0.05) is 12.0 Å². The highest BCUT2D eigenvalue weighted by atomic mass is 32.2. The van der Waals surface area contributed by atoms with Crippen LogP contribution in [0.15, 0.2) is 40.1 Å². The van der Waals surface area contributed by atoms with Crippen molar-refractivity contribution in [1.29, 1.82) is 0 Å². The number of nitrogens with zero attached hydrogens (tertiary/aromatic N) is 5. The second kappa shape index (κ2) is 11.3. The number of hydrazine groups is 1. The Kier molecular flexibility index (Phi) is 7.69. The number of rotatable bonds is 4. The van der Waals surface area contributed by atoms with Crippen molar-refractivity contribution in [3.05, 3.63) is 41.4 Å². The number of terminal acetylenes is 1. The number of hydrogen-bond acceptors (Lipinski definition) is 9. The van der Waals surface area contributed by atoms with Crippen LogP contribution in [0, 0.1) is 12.3 Å². The number of amides is 3. The predicted molar refractivity (Wildman–Crippen MR) is 156 cm³/mol. The lowest BCUT2D eigenvalue weighted by atomic mass is 10.1. The number of fused-ring (bicyclic) bond motifs is 1. The van der Waals surface area contributed by atoms with E-state index in [1.165, 1.54) is 20.7 Å². The van der Waals surface area contributed by atoms with Gasteiger partial charge in [0.1, 0.15) is 4.21 Å². The first-order chi connectivity index (χ1) is 20.2. The predicted octanol–water partition coefficient (Wildman–Crippen LogP) is 1.61. The summed E-state index contributed by atoms with van der Waals surface area (Å²) in [6.45, 7) is 4.46. The standard InChI is InChI=1S/C28H34N6O6S2/c1-4-20-5-6-21-16-26(41-24(21)15-20)42(37,38)32-9-10-33(22(18-32)17-25(35)31-11-13-39-14-12-31)28(36)34-8-7-23-27(29-34)40-19(2)30(23)3/h1,5-6,15-16,19,22,29H,7-14,17-18H2,2-3H3. The van der Waals surface area contributed by atoms with Gasteiger partial charge in [0.15, 0.2) is 6.23 Å². The molecule has 0 spiro atoms. The lowest BCUT2D eigenvalue weighted by molar-refractivity contribution is -0.136. The van der Waals surface area contributed by atoms with Crippen LogP contribution in [-0.2, 0) is 24.3 Å². The SMILES string of the molecule is C#Cc1ccc2cc(S(=O)(=O)N3CCN(C(=O)N4CCC5=C(N4)OC(C)N5C)C(CC(=O)N4CCOCC4)C3)sc2c1. The molecule has 4 aliphatic heterocycles. The Bertz CT molecular complexity index is 1580. The molecular formula is C28H34N6O6S2. The fourth-order valence-corrected chi connectivity index (χ4v) is 8.80. The van der Waals surface area contributed by atoms with Crippen LogP contribution in [0.1, 0.15) is 25.3 Å². The molecule has 6 rings (SSSR count). The van der Waals surface area contributed by atoms with Crippen molar-refractivity contribution in [2.24, 2.45) is 0 Å². The van der Waals surface area contributed by atoms with Crippen LogP contribution in [0.2, 0.25) is 0 Å². The number of ether oxygens (including phenoxy) is 2. The topological polar surface area (TPSA) is 115 Å². The van der Waals surface area contributed by atoms with E-state index in [1.807, 2.05) is 24.9 Å². The van der Waals surface area contributed by atoms with E-state index in [1.54, 1.807) is 28.0 Å². The van der Waals surface area contributed by atoms with E-state index >= 15 is 0 Å². The van der Waals surface area contributed by atoms with Crippen LogP contribution in [0.5, 0.6) is 0 Å². The van der Waals surface area contributed by atoms with Gasteiger partial charge in [0.2, 0.25) is 11.8 Å². The van der Waals surface area contributed by atoms with E-state index < -0.39 is 16.1 Å². The molecule has 5 heterocycles. The second-order valence-electron chi connectivity index (χ2n) is 10.8. The van der Waals surface area contributed by atoms with Crippen molar-refractivity contribution < 1.29 is 27.5 Å². The average Bonchev–Trinajstić information content (AvgIpc) is 3.57. The Morgan fingerprint density at radius 3 is 2.69 bits per heavy atom. The van der Waals surface area contributed by atoms with Crippen LogP contribution < -0.4 is 5.43 Å². The lowest BCUT2D eigenvalue weighted by Crippen LogP contribution is -2.62. The van der Waals surface area contributed by atoms with Crippen molar-refractivity contribution in [1.82, 2.24) is 29.4 Å². The minimum absolute atomic E-state index is 0.00601. The zero-order valence-corrected chi connectivity index (χ0v) is 25.2. The summed E-state index contributed by atoms with van der Waals surface area (Å²) in [7, 11) is -1.93. The maximum Gasteiger partial charge on any atom is 0.339 e. The van der Waals surface area contributed by atoms with Gasteiger partial charge in [-0.2, -0.15) is 4.31 Å². The van der Waals surface area contributed by atoms with Crippen molar-refractivity contribution in [3.8, 4) is 12.3 Å². The number of benzene rings is 1. The highest BCUT2D eigenvalue weighted by molar-refractivity contribution is 7.91. The second-order valence-corrected chi connectivity index (χ2v) is 14.0. The van der Waals surface area contributed by atoms with E-state index in [9.17, 15) is 18.0 Å². The smallest absolute Gasteiger partial charge is 0.339 e. The molecule has 0 bridgehead atoms. The van der Waals surface area contributed by atoms with Gasteiger partial charge in [-0.25, -0.2) is 18.2 Å². The molecule has 42 heavy (non-hydrogen) atoms. The van der Waals surface area contributed by atoms with Gasteiger partial charge >= 0.3 is 6.03 Å². The van der Waals surface area contributed by atoms with Gasteiger partial charge < -0.3 is 24.2 Å². The molecule has 0 saturated carbocycles. The van der Waals surface area contributed by atoms with E-state index in [0.29, 0.717) is 50.7 Å². The quantitative estimate of drug-likeness (QED) is 0.517. The molecule has 1 aromatic heterocycles. The molecule has 2 unspecified atom stereocenters. The molecule has 2 saturated heterocycles. The number of thiophene rings is 1. The number of hydrogen-bond donors (Lipinski definition) is 1. The van der Waals surface area contributed by atoms with Crippen molar-refractivity contribution >= 4 is 43.4 Å². The van der Waals surface area contributed by atoms with Gasteiger partial charge in [-0.15, -0.1) is 17.8 Å². The van der Waals surface area contributed by atoms with Crippen LogP contribution >= 0.6 is 11.3 Å². The summed E-state index contributed by atoms with van der Waals surface area (Å²) < 4.78 is 41.3. The minimum Gasteiger partial charge on any atom is -0.453 e. The largest absolute Gasteiger partial charge is 0.453 e. The van der Waals surface area contributed by atoms with E-state index in [4.69, 9.17) is 15.9 Å². The van der Waals surface area contributed by atoms with Gasteiger partial charge in [-0.3, -0.25) is 10.2 Å². The van der Waals surface area contributed by atoms with Crippen LogP contribution in [0.4, 0.5) is 4.79 Å². The summed E-state index contributed by atoms with van der Waals surface area (Å²) in [5.74, 6) is 3.00. The average molecular weight is 615 g/mol. The number of urea groups is 1. The van der Waals surface area contributed by atoms with Crippen molar-refractivity contribution in [2.45, 2.75) is 36.2 Å². The molecule has 224 valence electrons. The Balaban J connectivity index is 1.23. The number of morpholine rings is 1. The molecule has 1 aromatic carbocycles. The van der Waals surface area contributed by atoms with E-state index in [-0.39, 0.29) is 48.4 Å². The maximum atomic E-state index is 13.8. The Hall–Kier alpha value is -3.51. The summed E-state index contributed by atoms with van der Waals surface area (Å²) in [5.41, 5.74) is 4.78. The zero-order chi connectivity index (χ0) is 29.6. The van der Waals surface area contributed by atoms with E-state index in [0.717, 1.165) is 15.8 Å². The lowest BCUT2D eigenvalue weighted by Gasteiger charge is -2.43. The summed E-state index contributed by atoms with van der Waals surface area (Å²) in [4.78, 5) is 32.5. The molecule has 2 fully saturated rings. The van der Waals surface area contributed by atoms with Crippen LogP contribution in [0.25, 0.3) is 10.1 Å². The van der Waals surface area contributed by atoms with Gasteiger partial charge in [-0.05, 0) is 30.5 Å². The third kappa shape index (κ3) is 5.26. The summed E-state index contributed by atoms with van der Waals surface area (Å²) in [5, 5.41) is 2.29. The summed E-state index contributed by atoms with van der Waals surface area (Å²) in [6, 6.07) is 6.10. The van der Waals surface area contributed by atoms with Crippen molar-refractivity contribution in [3.63, 3.8) is 0 Å². The highest BCUT2D eigenvalue weighted by Crippen LogP contribution is 2.33. The number of carbonyl (C=O) groups excluding carboxylic acids is 2. The molecular weight excluding hydrogens is 580 g/mol. The monoisotopic (exact) mass is 614 g/mol. The molecule has 4 aliphatic rings. The molecule has 12 nitrogen and oxygen atoms in total. The summed E-state index contributed by atoms with van der Waals surface area (Å²) >= 11 is 1.17. The fraction of sp³-hybridized carbons (Fsp3) is 0.500. The first kappa shape index (κ1) is 28.6. The van der Waals surface area contributed by atoms with Gasteiger partial charge in [0, 0.05) is 69.4 Å². The summed E-state index contributed by atoms with van der Waals surface area (Å²) in [6.07, 6.45) is 6.01. The van der Waals surface area contributed by atoms with Crippen LogP contribution in [0.3, 0.4) is 0 Å². The Morgan fingerprint density at radius 2 is 1.93 bits per heavy atom. The van der Waals surface area contributed by atoms with Crippen molar-refractivity contribution in [2.75, 3.05) is 59.5 Å². The molecule has 1 N–H and O–H groups in total. The molecule has 3 amide bonds. The molecule has 2 atom stereocenters. The first-order valence-electron chi connectivity index (χ1n) is 14.0. The van der Waals surface area contributed by atoms with Crippen LogP contribution in [-0.4, -0.2) is 116 Å². The van der Waals surface area contributed by atoms with Gasteiger partial charge in [0.25, 0.3) is 10.0 Å².